The van der Waals surface area contributed by atoms with Crippen molar-refractivity contribution in [2.45, 2.75) is 4.90 Å². The van der Waals surface area contributed by atoms with Gasteiger partial charge in [-0.25, -0.2) is 8.42 Å². The zero-order valence-corrected chi connectivity index (χ0v) is 11.0. The highest BCUT2D eigenvalue weighted by Gasteiger charge is 2.17. The van der Waals surface area contributed by atoms with Gasteiger partial charge in [0.25, 0.3) is 10.0 Å². The lowest BCUT2D eigenvalue weighted by Gasteiger charge is -2.13. The summed E-state index contributed by atoms with van der Waals surface area (Å²) < 4.78 is 26.6. The highest BCUT2D eigenvalue weighted by Crippen LogP contribution is 2.26. The Labute approximate surface area is 110 Å². The Morgan fingerprint density at radius 1 is 1.42 bits per heavy atom. The number of nitrogens with one attached hydrogen (secondary N) is 4. The molecule has 1 aromatic carbocycles. The van der Waals surface area contributed by atoms with E-state index in [1.165, 1.54) is 12.4 Å². The van der Waals surface area contributed by atoms with Gasteiger partial charge >= 0.3 is 0 Å². The molecule has 0 amide bonds. The van der Waals surface area contributed by atoms with Gasteiger partial charge in [0, 0.05) is 25.0 Å². The van der Waals surface area contributed by atoms with Gasteiger partial charge in [-0.1, -0.05) is 12.1 Å². The molecular formula is C11H13N5O2S. The molecule has 0 unspecified atom stereocenters. The van der Waals surface area contributed by atoms with E-state index >= 15 is 0 Å². The van der Waals surface area contributed by atoms with Crippen LogP contribution in [-0.4, -0.2) is 31.9 Å². The van der Waals surface area contributed by atoms with Crippen LogP contribution in [0.5, 0.6) is 0 Å². The van der Waals surface area contributed by atoms with Gasteiger partial charge in [-0.05, 0) is 6.07 Å². The van der Waals surface area contributed by atoms with E-state index in [-0.39, 0.29) is 4.90 Å². The number of hydrogen-bond donors (Lipinski definition) is 4. The molecule has 1 heterocycles. The number of anilines is 2. The third-order valence-electron chi connectivity index (χ3n) is 2.53. The summed E-state index contributed by atoms with van der Waals surface area (Å²) in [6.07, 6.45) is 3.67. The number of sulfonamides is 1. The number of hydrogen-bond acceptors (Lipinski definition) is 5. The van der Waals surface area contributed by atoms with Crippen LogP contribution in [0.1, 0.15) is 5.56 Å². The van der Waals surface area contributed by atoms with E-state index in [1.807, 2.05) is 0 Å². The van der Waals surface area contributed by atoms with Crippen LogP contribution < -0.4 is 10.0 Å². The first-order valence-corrected chi connectivity index (χ1v) is 6.89. The van der Waals surface area contributed by atoms with Gasteiger partial charge in [0.05, 0.1) is 17.6 Å². The van der Waals surface area contributed by atoms with E-state index in [1.54, 1.807) is 25.2 Å². The van der Waals surface area contributed by atoms with Crippen LogP contribution in [0.4, 0.5) is 11.4 Å². The van der Waals surface area contributed by atoms with Crippen molar-refractivity contribution in [1.82, 2.24) is 10.2 Å². The van der Waals surface area contributed by atoms with Gasteiger partial charge in [0.2, 0.25) is 0 Å². The van der Waals surface area contributed by atoms with Crippen molar-refractivity contribution < 1.29 is 8.42 Å². The Morgan fingerprint density at radius 2 is 2.21 bits per heavy atom. The Hall–Kier alpha value is -2.35. The Bertz CT molecular complexity index is 679. The fourth-order valence-corrected chi connectivity index (χ4v) is 2.62. The van der Waals surface area contributed by atoms with E-state index in [4.69, 9.17) is 5.41 Å². The molecule has 0 aliphatic rings. The SMILES string of the molecule is CNc1c(C=N)cccc1NS(=O)(=O)c1cn[nH]c1. The highest BCUT2D eigenvalue weighted by atomic mass is 32.2. The number of para-hydroxylation sites is 1. The van der Waals surface area contributed by atoms with E-state index in [0.717, 1.165) is 6.21 Å². The zero-order chi connectivity index (χ0) is 13.9. The first-order chi connectivity index (χ1) is 9.08. The normalized spacial score (nSPS) is 11.0. The number of H-pyrrole nitrogens is 1. The number of aromatic nitrogens is 2. The molecule has 0 bridgehead atoms. The number of rotatable bonds is 5. The van der Waals surface area contributed by atoms with E-state index in [2.05, 4.69) is 20.2 Å². The molecule has 0 aliphatic heterocycles. The summed E-state index contributed by atoms with van der Waals surface area (Å²) in [7, 11) is -2.02. The lowest BCUT2D eigenvalue weighted by atomic mass is 10.1. The average Bonchev–Trinajstić information content (AvgIpc) is 2.92. The van der Waals surface area contributed by atoms with E-state index in [0.29, 0.717) is 16.9 Å². The van der Waals surface area contributed by atoms with Crippen LogP contribution >= 0.6 is 0 Å². The summed E-state index contributed by atoms with van der Waals surface area (Å²) in [5.74, 6) is 0. The van der Waals surface area contributed by atoms with Crippen molar-refractivity contribution in [3.05, 3.63) is 36.2 Å². The van der Waals surface area contributed by atoms with Crippen LogP contribution in [-0.2, 0) is 10.0 Å². The van der Waals surface area contributed by atoms with Crippen molar-refractivity contribution in [1.29, 1.82) is 5.41 Å². The molecule has 2 rings (SSSR count). The van der Waals surface area contributed by atoms with Crippen LogP contribution in [0.25, 0.3) is 0 Å². The molecule has 4 N–H and O–H groups in total. The quantitative estimate of drug-likeness (QED) is 0.617. The van der Waals surface area contributed by atoms with Crippen molar-refractivity contribution in [3.8, 4) is 0 Å². The second-order valence-corrected chi connectivity index (χ2v) is 5.39. The Kier molecular flexibility index (Phi) is 3.52. The molecule has 0 aliphatic carbocycles. The molecule has 0 fully saturated rings. The average molecular weight is 279 g/mol. The van der Waals surface area contributed by atoms with Crippen molar-refractivity contribution in [3.63, 3.8) is 0 Å². The minimum atomic E-state index is -3.69. The van der Waals surface area contributed by atoms with Crippen LogP contribution in [0.15, 0.2) is 35.5 Å². The molecular weight excluding hydrogens is 266 g/mol. The summed E-state index contributed by atoms with van der Waals surface area (Å²) >= 11 is 0. The molecule has 1 aromatic heterocycles. The smallest absolute Gasteiger partial charge is 0.265 e. The summed E-state index contributed by atoms with van der Waals surface area (Å²) in [6.45, 7) is 0. The number of nitrogens with zero attached hydrogens (tertiary/aromatic N) is 1. The standard InChI is InChI=1S/C11H13N5O2S/c1-13-11-8(5-12)3-2-4-10(11)16-19(17,18)9-6-14-15-7-9/h2-7,12-13,16H,1H3,(H,14,15). The molecule has 0 spiro atoms. The van der Waals surface area contributed by atoms with Crippen LogP contribution in [0.3, 0.4) is 0 Å². The maximum absolute atomic E-state index is 12.1. The van der Waals surface area contributed by atoms with E-state index in [9.17, 15) is 8.42 Å². The maximum Gasteiger partial charge on any atom is 0.265 e. The lowest BCUT2D eigenvalue weighted by molar-refractivity contribution is 0.601. The lowest BCUT2D eigenvalue weighted by Crippen LogP contribution is -2.14. The second kappa shape index (κ2) is 5.11. The predicted octanol–water partition coefficient (Wildman–Crippen LogP) is 1.25. The minimum Gasteiger partial charge on any atom is -0.386 e. The fourth-order valence-electron chi connectivity index (χ4n) is 1.64. The van der Waals surface area contributed by atoms with Gasteiger partial charge < -0.3 is 10.7 Å². The van der Waals surface area contributed by atoms with Gasteiger partial charge in [-0.15, -0.1) is 0 Å². The number of benzene rings is 1. The minimum absolute atomic E-state index is 0.0507. The molecule has 0 saturated carbocycles. The van der Waals surface area contributed by atoms with Crippen molar-refractivity contribution in [2.75, 3.05) is 17.1 Å². The Morgan fingerprint density at radius 3 is 2.79 bits per heavy atom. The third kappa shape index (κ3) is 2.58. The third-order valence-corrected chi connectivity index (χ3v) is 3.86. The summed E-state index contributed by atoms with van der Waals surface area (Å²) in [4.78, 5) is 0.0507. The molecule has 8 heteroatoms. The second-order valence-electron chi connectivity index (χ2n) is 3.70. The first-order valence-electron chi connectivity index (χ1n) is 5.41. The molecule has 0 atom stereocenters. The van der Waals surface area contributed by atoms with Crippen molar-refractivity contribution in [2.24, 2.45) is 0 Å². The highest BCUT2D eigenvalue weighted by molar-refractivity contribution is 7.92. The zero-order valence-electron chi connectivity index (χ0n) is 10.1. The molecule has 0 saturated heterocycles. The van der Waals surface area contributed by atoms with Gasteiger partial charge in [-0.3, -0.25) is 9.82 Å². The first kappa shape index (κ1) is 13.1. The van der Waals surface area contributed by atoms with Crippen LogP contribution in [0, 0.1) is 5.41 Å². The largest absolute Gasteiger partial charge is 0.386 e. The molecule has 2 aromatic rings. The Balaban J connectivity index is 2.42. The molecule has 19 heavy (non-hydrogen) atoms. The van der Waals surface area contributed by atoms with Crippen LogP contribution in [0.2, 0.25) is 0 Å². The summed E-state index contributed by atoms with van der Waals surface area (Å²) in [5, 5.41) is 16.2. The fraction of sp³-hybridized carbons (Fsp3) is 0.0909. The molecule has 7 nitrogen and oxygen atoms in total. The topological polar surface area (TPSA) is 111 Å². The molecule has 100 valence electrons. The monoisotopic (exact) mass is 279 g/mol. The summed E-state index contributed by atoms with van der Waals surface area (Å²) in [5.41, 5.74) is 1.52. The van der Waals surface area contributed by atoms with Gasteiger partial charge in [0.1, 0.15) is 4.90 Å². The van der Waals surface area contributed by atoms with Crippen molar-refractivity contribution >= 4 is 27.6 Å². The maximum atomic E-state index is 12.1. The van der Waals surface area contributed by atoms with Gasteiger partial charge in [-0.2, -0.15) is 5.10 Å². The number of aromatic amines is 1. The van der Waals surface area contributed by atoms with Gasteiger partial charge in [0.15, 0.2) is 0 Å². The summed E-state index contributed by atoms with van der Waals surface area (Å²) in [6, 6.07) is 5.01. The van der Waals surface area contributed by atoms with E-state index < -0.39 is 10.0 Å². The predicted molar refractivity (Wildman–Crippen MR) is 73.3 cm³/mol. The molecule has 0 radical (unpaired) electrons.